The molecular formula is C14H21N3O3. The Morgan fingerprint density at radius 1 is 1.65 bits per heavy atom. The van der Waals surface area contributed by atoms with E-state index in [2.05, 4.69) is 15.6 Å². The molecule has 1 aliphatic heterocycles. The van der Waals surface area contributed by atoms with Gasteiger partial charge < -0.3 is 20.1 Å². The molecule has 0 radical (unpaired) electrons. The van der Waals surface area contributed by atoms with Crippen LogP contribution >= 0.6 is 0 Å². The van der Waals surface area contributed by atoms with Gasteiger partial charge in [-0.3, -0.25) is 0 Å². The molecular weight excluding hydrogens is 258 g/mol. The molecule has 0 aromatic carbocycles. The van der Waals surface area contributed by atoms with Crippen molar-refractivity contribution in [1.82, 2.24) is 15.6 Å². The Morgan fingerprint density at radius 2 is 2.50 bits per heavy atom. The van der Waals surface area contributed by atoms with Gasteiger partial charge in [0.2, 0.25) is 5.88 Å². The second kappa shape index (κ2) is 7.09. The van der Waals surface area contributed by atoms with Crippen LogP contribution in [0.2, 0.25) is 0 Å². The number of hydrogen-bond donors (Lipinski definition) is 2. The molecule has 1 saturated heterocycles. The molecule has 0 saturated carbocycles. The zero-order valence-corrected chi connectivity index (χ0v) is 11.9. The van der Waals surface area contributed by atoms with Gasteiger partial charge in [0.1, 0.15) is 0 Å². The van der Waals surface area contributed by atoms with Crippen LogP contribution in [0.1, 0.15) is 25.3 Å². The number of nitrogens with zero attached hydrogens (tertiary/aromatic N) is 1. The molecule has 6 heteroatoms. The number of hydrogen-bond acceptors (Lipinski definition) is 4. The second-order valence-electron chi connectivity index (χ2n) is 4.84. The Balaban J connectivity index is 1.79. The molecule has 0 aliphatic carbocycles. The molecule has 0 unspecified atom stereocenters. The summed E-state index contributed by atoms with van der Waals surface area (Å²) in [6, 6.07) is 3.48. The lowest BCUT2D eigenvalue weighted by Crippen LogP contribution is -2.45. The molecule has 1 aromatic heterocycles. The zero-order valence-electron chi connectivity index (χ0n) is 11.9. The van der Waals surface area contributed by atoms with Crippen molar-refractivity contribution in [1.29, 1.82) is 0 Å². The molecule has 1 aromatic rings. The van der Waals surface area contributed by atoms with E-state index in [-0.39, 0.29) is 18.2 Å². The van der Waals surface area contributed by atoms with Gasteiger partial charge in [-0.15, -0.1) is 0 Å². The lowest BCUT2D eigenvalue weighted by Gasteiger charge is -2.20. The lowest BCUT2D eigenvalue weighted by atomic mass is 10.1. The van der Waals surface area contributed by atoms with Gasteiger partial charge in [-0.1, -0.05) is 6.07 Å². The van der Waals surface area contributed by atoms with Crippen LogP contribution in [0.15, 0.2) is 18.3 Å². The smallest absolute Gasteiger partial charge is 0.315 e. The van der Waals surface area contributed by atoms with Crippen molar-refractivity contribution in [3.05, 3.63) is 23.9 Å². The molecule has 20 heavy (non-hydrogen) atoms. The van der Waals surface area contributed by atoms with Crippen molar-refractivity contribution < 1.29 is 14.3 Å². The minimum absolute atomic E-state index is 0.00768. The van der Waals surface area contributed by atoms with Crippen molar-refractivity contribution in [2.24, 2.45) is 0 Å². The average molecular weight is 279 g/mol. The van der Waals surface area contributed by atoms with E-state index in [0.29, 0.717) is 12.4 Å². The quantitative estimate of drug-likeness (QED) is 0.856. The van der Waals surface area contributed by atoms with Crippen LogP contribution in [0.3, 0.4) is 0 Å². The summed E-state index contributed by atoms with van der Waals surface area (Å²) in [5.41, 5.74) is 0.843. The van der Waals surface area contributed by atoms with E-state index in [1.165, 1.54) is 0 Å². The fraction of sp³-hybridized carbons (Fsp3) is 0.571. The first-order valence-electron chi connectivity index (χ1n) is 6.84. The summed E-state index contributed by atoms with van der Waals surface area (Å²) in [4.78, 5) is 15.9. The molecule has 1 fully saturated rings. The van der Waals surface area contributed by atoms with Crippen molar-refractivity contribution in [3.8, 4) is 5.88 Å². The van der Waals surface area contributed by atoms with Crippen molar-refractivity contribution >= 4 is 6.03 Å². The monoisotopic (exact) mass is 279 g/mol. The summed E-state index contributed by atoms with van der Waals surface area (Å²) < 4.78 is 10.7. The molecule has 2 N–H and O–H groups in total. The first-order valence-corrected chi connectivity index (χ1v) is 6.84. The van der Waals surface area contributed by atoms with Gasteiger partial charge in [-0.25, -0.2) is 9.78 Å². The first kappa shape index (κ1) is 14.6. The van der Waals surface area contributed by atoms with Crippen molar-refractivity contribution in [2.45, 2.75) is 38.5 Å². The Labute approximate surface area is 118 Å². The second-order valence-corrected chi connectivity index (χ2v) is 4.84. The highest BCUT2D eigenvalue weighted by molar-refractivity contribution is 5.74. The van der Waals surface area contributed by atoms with Gasteiger partial charge in [-0.05, 0) is 25.8 Å². The lowest BCUT2D eigenvalue weighted by molar-refractivity contribution is 0.0860. The van der Waals surface area contributed by atoms with Crippen LogP contribution in [0.25, 0.3) is 0 Å². The maximum atomic E-state index is 11.8. The topological polar surface area (TPSA) is 72.5 Å². The number of carbonyl (C=O) groups is 1. The minimum Gasteiger partial charge on any atom is -0.481 e. The number of methoxy groups -OCH3 is 1. The highest BCUT2D eigenvalue weighted by atomic mass is 16.5. The molecule has 6 nitrogen and oxygen atoms in total. The van der Waals surface area contributed by atoms with Gasteiger partial charge in [0.05, 0.1) is 19.3 Å². The molecule has 0 bridgehead atoms. The molecule has 2 rings (SSSR count). The number of pyridine rings is 1. The van der Waals surface area contributed by atoms with E-state index in [0.717, 1.165) is 25.0 Å². The normalized spacial score (nSPS) is 19.4. The number of ether oxygens (including phenoxy) is 2. The van der Waals surface area contributed by atoms with Crippen LogP contribution < -0.4 is 15.4 Å². The molecule has 0 spiro atoms. The number of amides is 2. The van der Waals surface area contributed by atoms with E-state index in [1.807, 2.05) is 19.1 Å². The Hall–Kier alpha value is -1.82. The van der Waals surface area contributed by atoms with E-state index >= 15 is 0 Å². The predicted octanol–water partition coefficient (Wildman–Crippen LogP) is 1.46. The van der Waals surface area contributed by atoms with E-state index in [4.69, 9.17) is 9.47 Å². The number of urea groups is 1. The van der Waals surface area contributed by atoms with Gasteiger partial charge >= 0.3 is 6.03 Å². The molecule has 2 amide bonds. The number of carbonyl (C=O) groups excluding carboxylic acids is 1. The Bertz CT molecular complexity index is 447. The minimum atomic E-state index is -0.209. The number of nitrogens with one attached hydrogen (secondary N) is 2. The van der Waals surface area contributed by atoms with Crippen molar-refractivity contribution in [2.75, 3.05) is 13.7 Å². The van der Waals surface area contributed by atoms with Crippen molar-refractivity contribution in [3.63, 3.8) is 0 Å². The van der Waals surface area contributed by atoms with Crippen LogP contribution in [0, 0.1) is 0 Å². The largest absolute Gasteiger partial charge is 0.481 e. The van der Waals surface area contributed by atoms with Gasteiger partial charge in [0.25, 0.3) is 0 Å². The van der Waals surface area contributed by atoms with E-state index in [9.17, 15) is 4.79 Å². The SMILES string of the molecule is COc1ncccc1CNC(=O)N[C@H](C)[C@@H]1CCCO1. The predicted molar refractivity (Wildman–Crippen MR) is 74.6 cm³/mol. The number of aromatic nitrogens is 1. The van der Waals surface area contributed by atoms with E-state index < -0.39 is 0 Å². The summed E-state index contributed by atoms with van der Waals surface area (Å²) >= 11 is 0. The van der Waals surface area contributed by atoms with Crippen LogP contribution in [0.4, 0.5) is 4.79 Å². The third-order valence-electron chi connectivity index (χ3n) is 3.36. The van der Waals surface area contributed by atoms with Crippen LogP contribution in [-0.4, -0.2) is 36.9 Å². The molecule has 2 atom stereocenters. The fourth-order valence-corrected chi connectivity index (χ4v) is 2.27. The third kappa shape index (κ3) is 3.84. The Morgan fingerprint density at radius 3 is 3.20 bits per heavy atom. The average Bonchev–Trinajstić information content (AvgIpc) is 2.99. The highest BCUT2D eigenvalue weighted by Gasteiger charge is 2.23. The summed E-state index contributed by atoms with van der Waals surface area (Å²) in [6.07, 6.45) is 3.83. The summed E-state index contributed by atoms with van der Waals surface area (Å²) in [5, 5.41) is 5.70. The maximum absolute atomic E-state index is 11.8. The maximum Gasteiger partial charge on any atom is 0.315 e. The molecule has 1 aliphatic rings. The molecule has 2 heterocycles. The van der Waals surface area contributed by atoms with Crippen LogP contribution in [0.5, 0.6) is 5.88 Å². The van der Waals surface area contributed by atoms with Gasteiger partial charge in [-0.2, -0.15) is 0 Å². The van der Waals surface area contributed by atoms with E-state index in [1.54, 1.807) is 13.3 Å². The fourth-order valence-electron chi connectivity index (χ4n) is 2.27. The third-order valence-corrected chi connectivity index (χ3v) is 3.36. The number of rotatable bonds is 5. The summed E-state index contributed by atoms with van der Waals surface area (Å²) in [6.45, 7) is 3.12. The summed E-state index contributed by atoms with van der Waals surface area (Å²) in [7, 11) is 1.56. The standard InChI is InChI=1S/C14H21N3O3/c1-10(12-6-4-8-20-12)17-14(18)16-9-11-5-3-7-15-13(11)19-2/h3,5,7,10,12H,4,6,8-9H2,1-2H3,(H2,16,17,18)/t10-,12+/m1/s1. The van der Waals surface area contributed by atoms with Gasteiger partial charge in [0, 0.05) is 24.9 Å². The van der Waals surface area contributed by atoms with Crippen LogP contribution in [-0.2, 0) is 11.3 Å². The summed E-state index contributed by atoms with van der Waals surface area (Å²) in [5.74, 6) is 0.528. The molecule has 110 valence electrons. The zero-order chi connectivity index (χ0) is 14.4. The highest BCUT2D eigenvalue weighted by Crippen LogP contribution is 2.15. The Kier molecular flexibility index (Phi) is 5.17. The first-order chi connectivity index (χ1) is 9.70. The van der Waals surface area contributed by atoms with Gasteiger partial charge in [0.15, 0.2) is 0 Å².